The molecule has 2 aromatic carbocycles. The first-order chi connectivity index (χ1) is 17.6. The summed E-state index contributed by atoms with van der Waals surface area (Å²) in [5.41, 5.74) is 10.9. The summed E-state index contributed by atoms with van der Waals surface area (Å²) in [6, 6.07) is 21.2. The summed E-state index contributed by atoms with van der Waals surface area (Å²) in [7, 11) is 0. The number of hydrogen-bond acceptors (Lipinski definition) is 5. The molecule has 1 heterocycles. The van der Waals surface area contributed by atoms with Crippen LogP contribution in [0.1, 0.15) is 66.4 Å². The molecular weight excluding hydrogens is 452 g/mol. The SMILES string of the molecule is O=C(O)CCC/C=C(/c1cccnc1)c1cccc(NN(NC2CCCC2)C(=O)c2ccccc2)c1. The van der Waals surface area contributed by atoms with Crippen molar-refractivity contribution in [2.24, 2.45) is 0 Å². The minimum absolute atomic E-state index is 0.127. The van der Waals surface area contributed by atoms with Gasteiger partial charge >= 0.3 is 5.97 Å². The van der Waals surface area contributed by atoms with E-state index < -0.39 is 5.97 Å². The highest BCUT2D eigenvalue weighted by Crippen LogP contribution is 2.27. The molecular formula is C29H32N4O3. The van der Waals surface area contributed by atoms with Crippen molar-refractivity contribution in [3.8, 4) is 0 Å². The third-order valence-corrected chi connectivity index (χ3v) is 6.22. The Labute approximate surface area is 211 Å². The molecule has 3 N–H and O–H groups in total. The van der Waals surface area contributed by atoms with E-state index in [9.17, 15) is 9.59 Å². The Hall–Kier alpha value is -3.97. The number of unbranched alkanes of at least 4 members (excludes halogenated alkanes) is 1. The second-order valence-corrected chi connectivity index (χ2v) is 8.96. The molecule has 0 bridgehead atoms. The molecule has 0 radical (unpaired) electrons. The Morgan fingerprint density at radius 3 is 2.44 bits per heavy atom. The van der Waals surface area contributed by atoms with Crippen molar-refractivity contribution in [2.75, 3.05) is 5.43 Å². The number of nitrogens with one attached hydrogen (secondary N) is 2. The Bertz CT molecular complexity index is 1180. The van der Waals surface area contributed by atoms with Crippen molar-refractivity contribution < 1.29 is 14.7 Å². The Morgan fingerprint density at radius 2 is 1.72 bits per heavy atom. The highest BCUT2D eigenvalue weighted by atomic mass is 16.4. The molecule has 1 amide bonds. The Morgan fingerprint density at radius 1 is 0.972 bits per heavy atom. The van der Waals surface area contributed by atoms with Crippen molar-refractivity contribution in [1.29, 1.82) is 0 Å². The van der Waals surface area contributed by atoms with Crippen LogP contribution in [0.25, 0.3) is 5.57 Å². The summed E-state index contributed by atoms with van der Waals surface area (Å²) < 4.78 is 0. The maximum absolute atomic E-state index is 13.3. The van der Waals surface area contributed by atoms with Crippen molar-refractivity contribution in [3.63, 3.8) is 0 Å². The predicted molar refractivity (Wildman–Crippen MR) is 141 cm³/mol. The zero-order valence-electron chi connectivity index (χ0n) is 20.3. The van der Waals surface area contributed by atoms with Crippen LogP contribution in [-0.4, -0.2) is 33.1 Å². The van der Waals surface area contributed by atoms with Gasteiger partial charge in [-0.1, -0.05) is 55.3 Å². The van der Waals surface area contributed by atoms with Gasteiger partial charge in [0.1, 0.15) is 0 Å². The summed E-state index contributed by atoms with van der Waals surface area (Å²) in [5, 5.41) is 10.5. The van der Waals surface area contributed by atoms with Crippen LogP contribution < -0.4 is 10.9 Å². The molecule has 0 saturated heterocycles. The summed E-state index contributed by atoms with van der Waals surface area (Å²) in [6.07, 6.45) is 11.3. The van der Waals surface area contributed by atoms with Gasteiger partial charge in [0.15, 0.2) is 0 Å². The number of pyridine rings is 1. The molecule has 1 aliphatic carbocycles. The lowest BCUT2D eigenvalue weighted by Crippen LogP contribution is -2.50. The molecule has 36 heavy (non-hydrogen) atoms. The maximum Gasteiger partial charge on any atom is 0.303 e. The topological polar surface area (TPSA) is 94.6 Å². The van der Waals surface area contributed by atoms with Crippen LogP contribution in [0.2, 0.25) is 0 Å². The van der Waals surface area contributed by atoms with E-state index >= 15 is 0 Å². The van der Waals surface area contributed by atoms with Crippen LogP contribution in [0.4, 0.5) is 5.69 Å². The third-order valence-electron chi connectivity index (χ3n) is 6.22. The van der Waals surface area contributed by atoms with Crippen LogP contribution >= 0.6 is 0 Å². The zero-order valence-corrected chi connectivity index (χ0v) is 20.3. The second kappa shape index (κ2) is 12.7. The van der Waals surface area contributed by atoms with Gasteiger partial charge in [0.2, 0.25) is 0 Å². The predicted octanol–water partition coefficient (Wildman–Crippen LogP) is 5.68. The van der Waals surface area contributed by atoms with Gasteiger partial charge in [0.05, 0.1) is 5.69 Å². The van der Waals surface area contributed by atoms with E-state index in [4.69, 9.17) is 5.11 Å². The van der Waals surface area contributed by atoms with Crippen LogP contribution in [0, 0.1) is 0 Å². The molecule has 0 atom stereocenters. The number of aliphatic carboxylic acids is 1. The number of carbonyl (C=O) groups excluding carboxylic acids is 1. The normalized spacial score (nSPS) is 13.9. The summed E-state index contributed by atoms with van der Waals surface area (Å²) in [5.74, 6) is -0.944. The van der Waals surface area contributed by atoms with E-state index in [1.165, 1.54) is 5.12 Å². The largest absolute Gasteiger partial charge is 0.481 e. The molecule has 7 heteroatoms. The molecule has 1 aliphatic rings. The fourth-order valence-corrected chi connectivity index (χ4v) is 4.40. The molecule has 0 aliphatic heterocycles. The van der Waals surface area contributed by atoms with E-state index in [0.29, 0.717) is 18.4 Å². The average molecular weight is 485 g/mol. The van der Waals surface area contributed by atoms with E-state index in [1.807, 2.05) is 66.7 Å². The first-order valence-electron chi connectivity index (χ1n) is 12.5. The second-order valence-electron chi connectivity index (χ2n) is 8.96. The average Bonchev–Trinajstić information content (AvgIpc) is 3.42. The van der Waals surface area contributed by atoms with Gasteiger partial charge in [0, 0.05) is 36.0 Å². The summed E-state index contributed by atoms with van der Waals surface area (Å²) in [6.45, 7) is 0. The number of carboxylic acids is 1. The highest BCUT2D eigenvalue weighted by Gasteiger charge is 2.22. The van der Waals surface area contributed by atoms with Crippen molar-refractivity contribution in [1.82, 2.24) is 15.5 Å². The molecule has 1 fully saturated rings. The minimum atomic E-state index is -0.796. The Kier molecular flexibility index (Phi) is 8.83. The summed E-state index contributed by atoms with van der Waals surface area (Å²) in [4.78, 5) is 28.5. The van der Waals surface area contributed by atoms with Gasteiger partial charge in [-0.3, -0.25) is 20.0 Å². The number of aromatic nitrogens is 1. The maximum atomic E-state index is 13.3. The molecule has 7 nitrogen and oxygen atoms in total. The van der Waals surface area contributed by atoms with E-state index in [-0.39, 0.29) is 18.4 Å². The standard InChI is InChI=1S/C29H32N4O3/c34-28(35)18-7-6-17-27(24-13-9-19-30-21-24)23-12-8-16-26(20-23)32-33(31-25-14-4-5-15-25)29(36)22-10-2-1-3-11-22/h1-3,8-13,16-17,19-21,25,31-32H,4-7,14-15,18H2,(H,34,35)/b27-17+. The number of rotatable bonds is 11. The van der Waals surface area contributed by atoms with Crippen LogP contribution in [0.15, 0.2) is 85.2 Å². The molecule has 0 spiro atoms. The molecule has 0 unspecified atom stereocenters. The fraction of sp³-hybridized carbons (Fsp3) is 0.276. The first kappa shape index (κ1) is 25.1. The number of hydrazine groups is 2. The monoisotopic (exact) mass is 484 g/mol. The van der Waals surface area contributed by atoms with E-state index in [0.717, 1.165) is 48.1 Å². The van der Waals surface area contributed by atoms with Gasteiger partial charge in [0.25, 0.3) is 5.91 Å². The smallest absolute Gasteiger partial charge is 0.303 e. The van der Waals surface area contributed by atoms with E-state index in [1.54, 1.807) is 12.4 Å². The molecule has 3 aromatic rings. The number of amides is 1. The first-order valence-corrected chi connectivity index (χ1v) is 12.5. The highest BCUT2D eigenvalue weighted by molar-refractivity contribution is 5.94. The van der Waals surface area contributed by atoms with Gasteiger partial charge < -0.3 is 5.11 Å². The van der Waals surface area contributed by atoms with Crippen molar-refractivity contribution in [2.45, 2.75) is 51.0 Å². The van der Waals surface area contributed by atoms with Crippen LogP contribution in [0.5, 0.6) is 0 Å². The molecule has 4 rings (SSSR count). The lowest BCUT2D eigenvalue weighted by atomic mass is 9.97. The van der Waals surface area contributed by atoms with E-state index in [2.05, 4.69) is 21.9 Å². The minimum Gasteiger partial charge on any atom is -0.481 e. The number of nitrogens with zero attached hydrogens (tertiary/aromatic N) is 2. The number of benzene rings is 2. The van der Waals surface area contributed by atoms with Gasteiger partial charge in [-0.15, -0.1) is 0 Å². The van der Waals surface area contributed by atoms with Gasteiger partial charge in [-0.2, -0.15) is 5.12 Å². The lowest BCUT2D eigenvalue weighted by Gasteiger charge is -2.28. The lowest BCUT2D eigenvalue weighted by molar-refractivity contribution is -0.137. The number of hydrogen-bond donors (Lipinski definition) is 3. The van der Waals surface area contributed by atoms with Crippen LogP contribution in [0.3, 0.4) is 0 Å². The Balaban J connectivity index is 1.59. The molecule has 1 aromatic heterocycles. The van der Waals surface area contributed by atoms with Gasteiger partial charge in [-0.05, 0) is 67.2 Å². The fourth-order valence-electron chi connectivity index (χ4n) is 4.40. The van der Waals surface area contributed by atoms with Crippen LogP contribution in [-0.2, 0) is 4.79 Å². The quantitative estimate of drug-likeness (QED) is 0.239. The summed E-state index contributed by atoms with van der Waals surface area (Å²) >= 11 is 0. The third kappa shape index (κ3) is 7.02. The number of carbonyl (C=O) groups is 2. The zero-order chi connectivity index (χ0) is 25.2. The number of allylic oxidation sites excluding steroid dienone is 1. The molecule has 186 valence electrons. The molecule has 1 saturated carbocycles. The number of anilines is 1. The van der Waals surface area contributed by atoms with Crippen molar-refractivity contribution in [3.05, 3.63) is 102 Å². The van der Waals surface area contributed by atoms with Crippen molar-refractivity contribution >= 4 is 23.1 Å². The van der Waals surface area contributed by atoms with Gasteiger partial charge in [-0.25, -0.2) is 5.43 Å². The number of carboxylic acid groups (broad SMARTS) is 1.